The van der Waals surface area contributed by atoms with E-state index in [0.717, 1.165) is 87.6 Å². The Bertz CT molecular complexity index is 2570. The summed E-state index contributed by atoms with van der Waals surface area (Å²) >= 11 is 6.24. The van der Waals surface area contributed by atoms with E-state index in [1.165, 1.54) is 28.8 Å². The van der Waals surface area contributed by atoms with Gasteiger partial charge in [-0.05, 0) is 103 Å². The number of nitro groups is 1. The Balaban J connectivity index is 1.00. The second kappa shape index (κ2) is 19.9. The lowest BCUT2D eigenvalue weighted by Crippen LogP contribution is -2.48. The van der Waals surface area contributed by atoms with Gasteiger partial charge in [-0.1, -0.05) is 29.8 Å². The van der Waals surface area contributed by atoms with Crippen molar-refractivity contribution in [1.29, 1.82) is 0 Å². The van der Waals surface area contributed by atoms with E-state index in [-0.39, 0.29) is 29.5 Å². The molecule has 3 aliphatic heterocycles. The molecular formula is C46H52ClN7O8S. The summed E-state index contributed by atoms with van der Waals surface area (Å²) in [6, 6.07) is 24.1. The van der Waals surface area contributed by atoms with Crippen LogP contribution in [-0.2, 0) is 14.8 Å². The summed E-state index contributed by atoms with van der Waals surface area (Å²) in [4.78, 5) is 35.3. The van der Waals surface area contributed by atoms with Gasteiger partial charge in [0, 0.05) is 119 Å². The summed E-state index contributed by atoms with van der Waals surface area (Å²) in [6.45, 7) is 8.27. The third kappa shape index (κ3) is 10.7. The van der Waals surface area contributed by atoms with E-state index in [4.69, 9.17) is 21.1 Å². The molecule has 2 saturated heterocycles. The van der Waals surface area contributed by atoms with Crippen molar-refractivity contribution in [3.8, 4) is 11.5 Å². The number of nitro benzene ring substituents is 1. The van der Waals surface area contributed by atoms with Crippen LogP contribution in [0.5, 0.6) is 11.5 Å². The number of carbonyl (C=O) groups is 1. The van der Waals surface area contributed by atoms with Gasteiger partial charge < -0.3 is 29.8 Å². The fourth-order valence-electron chi connectivity index (χ4n) is 8.62. The van der Waals surface area contributed by atoms with E-state index in [2.05, 4.69) is 41.9 Å². The number of carbonyl (C=O) groups excluding carboxylic acids is 1. The normalized spacial score (nSPS) is 17.0. The van der Waals surface area contributed by atoms with Gasteiger partial charge in [0.05, 0.1) is 15.4 Å². The maximum absolute atomic E-state index is 14.0. The Morgan fingerprint density at radius 3 is 2.51 bits per heavy atom. The second-order valence-electron chi connectivity index (χ2n) is 16.2. The van der Waals surface area contributed by atoms with Crippen LogP contribution in [0.1, 0.15) is 41.6 Å². The van der Waals surface area contributed by atoms with Gasteiger partial charge in [-0.25, -0.2) is 13.1 Å². The quantitative estimate of drug-likeness (QED) is 0.0581. The molecule has 0 spiro atoms. The van der Waals surface area contributed by atoms with Crippen LogP contribution in [0, 0.1) is 16.0 Å². The highest BCUT2D eigenvalue weighted by Crippen LogP contribution is 2.36. The van der Waals surface area contributed by atoms with Crippen molar-refractivity contribution >= 4 is 61.1 Å². The molecule has 63 heavy (non-hydrogen) atoms. The molecule has 3 aliphatic rings. The molecule has 2 fully saturated rings. The molecule has 0 aliphatic carbocycles. The predicted molar refractivity (Wildman–Crippen MR) is 244 cm³/mol. The Morgan fingerprint density at radius 2 is 1.75 bits per heavy atom. The van der Waals surface area contributed by atoms with Crippen LogP contribution in [0.15, 0.2) is 102 Å². The molecule has 332 valence electrons. The number of hydrogen-bond acceptors (Lipinski definition) is 12. The van der Waals surface area contributed by atoms with Gasteiger partial charge in [-0.15, -0.1) is 0 Å². The summed E-state index contributed by atoms with van der Waals surface area (Å²) in [5.74, 6) is -0.0559. The number of nitrogens with zero attached hydrogens (tertiary/aromatic N) is 4. The van der Waals surface area contributed by atoms with Crippen LogP contribution in [0.4, 0.5) is 17.1 Å². The molecule has 4 heterocycles. The van der Waals surface area contributed by atoms with Gasteiger partial charge in [0.25, 0.3) is 21.6 Å². The molecule has 4 N–H and O–H groups in total. The number of rotatable bonds is 16. The number of nitrogens with one attached hydrogen (secondary N) is 3. The zero-order valence-corrected chi connectivity index (χ0v) is 36.5. The maximum atomic E-state index is 14.0. The van der Waals surface area contributed by atoms with Crippen LogP contribution in [-0.4, -0.2) is 118 Å². The average Bonchev–Trinajstić information content (AvgIpc) is 3.79. The smallest absolute Gasteiger partial charge is 0.293 e. The average molecular weight is 898 g/mol. The van der Waals surface area contributed by atoms with Gasteiger partial charge in [-0.3, -0.25) is 24.7 Å². The largest absolute Gasteiger partial charge is 0.456 e. The minimum Gasteiger partial charge on any atom is -0.456 e. The number of aliphatic hydroxyl groups excluding tert-OH is 1. The SMILES string of the molecule is O=C(NS(=O)(=O)c1ccc(NCC2CCOCC2)c([N+](=O)[O-])c1)c1ccc(N2CCN(CC3=C(c4ccc(Cl)cc4)CCN(CCCO)C3)CC2)cc1Oc1cccc2[nH]ccc12. The molecule has 17 heteroatoms. The number of hydrogen-bond donors (Lipinski definition) is 4. The minimum absolute atomic E-state index is 0.0255. The van der Waals surface area contributed by atoms with Crippen molar-refractivity contribution in [1.82, 2.24) is 19.5 Å². The van der Waals surface area contributed by atoms with Crippen molar-refractivity contribution in [2.45, 2.75) is 30.6 Å². The number of ether oxygens (including phenoxy) is 2. The first-order chi connectivity index (χ1) is 30.5. The zero-order valence-electron chi connectivity index (χ0n) is 34.9. The predicted octanol–water partition coefficient (Wildman–Crippen LogP) is 7.14. The number of H-pyrrole nitrogens is 1. The molecule has 8 rings (SSSR count). The fourth-order valence-corrected chi connectivity index (χ4v) is 9.73. The van der Waals surface area contributed by atoms with E-state index in [0.29, 0.717) is 43.6 Å². The number of sulfonamides is 1. The summed E-state index contributed by atoms with van der Waals surface area (Å²) in [5, 5.41) is 26.2. The van der Waals surface area contributed by atoms with E-state index < -0.39 is 31.4 Å². The van der Waals surface area contributed by atoms with Crippen molar-refractivity contribution in [3.63, 3.8) is 0 Å². The summed E-state index contributed by atoms with van der Waals surface area (Å²) in [6.07, 6.45) is 5.08. The van der Waals surface area contributed by atoms with Crippen LogP contribution in [0.2, 0.25) is 5.02 Å². The number of aromatic nitrogens is 1. The maximum Gasteiger partial charge on any atom is 0.293 e. The molecule has 15 nitrogen and oxygen atoms in total. The Hall–Kier alpha value is -5.49. The lowest BCUT2D eigenvalue weighted by atomic mass is 9.92. The minimum atomic E-state index is -4.56. The first-order valence-electron chi connectivity index (χ1n) is 21.4. The molecule has 5 aromatic rings. The van der Waals surface area contributed by atoms with Gasteiger partial charge in [-0.2, -0.15) is 0 Å². The molecule has 1 amide bonds. The first-order valence-corrected chi connectivity index (χ1v) is 23.2. The third-order valence-corrected chi connectivity index (χ3v) is 13.7. The van der Waals surface area contributed by atoms with E-state index >= 15 is 0 Å². The monoisotopic (exact) mass is 897 g/mol. The van der Waals surface area contributed by atoms with Crippen molar-refractivity contribution in [2.24, 2.45) is 5.92 Å². The fraction of sp³-hybridized carbons (Fsp3) is 0.370. The van der Waals surface area contributed by atoms with Gasteiger partial charge in [0.1, 0.15) is 17.2 Å². The Kier molecular flexibility index (Phi) is 13.9. The number of halogens is 1. The van der Waals surface area contributed by atoms with Crippen LogP contribution in [0.3, 0.4) is 0 Å². The number of benzene rings is 4. The van der Waals surface area contributed by atoms with E-state index in [9.17, 15) is 28.4 Å². The third-order valence-electron chi connectivity index (χ3n) is 12.1. The highest BCUT2D eigenvalue weighted by atomic mass is 35.5. The standard InChI is InChI=1S/C46H52ClN7O8S/c47-35-7-5-33(6-8-35)38-14-19-51(18-2-24-55)30-34(38)31-52-20-22-53(23-21-52)36-9-11-40(45(27-36)62-44-4-1-3-41-39(44)13-17-48-41)46(56)50-63(59,60)37-10-12-42(43(28-37)54(57)58)49-29-32-15-25-61-26-16-32/h1,3-13,17,27-28,32,48-49,55H,2,14-16,18-26,29-31H2,(H,50,56). The number of anilines is 2. The summed E-state index contributed by atoms with van der Waals surface area (Å²) < 4.78 is 41.4. The highest BCUT2D eigenvalue weighted by Gasteiger charge is 2.28. The van der Waals surface area contributed by atoms with E-state index in [1.54, 1.807) is 30.5 Å². The molecule has 1 aromatic heterocycles. The van der Waals surface area contributed by atoms with Gasteiger partial charge in [0.15, 0.2) is 0 Å². The number of amides is 1. The molecule has 4 aromatic carbocycles. The summed E-state index contributed by atoms with van der Waals surface area (Å²) in [5.41, 5.74) is 5.27. The van der Waals surface area contributed by atoms with Crippen LogP contribution in [0.25, 0.3) is 16.5 Å². The molecule has 0 radical (unpaired) electrons. The lowest BCUT2D eigenvalue weighted by Gasteiger charge is -2.39. The van der Waals surface area contributed by atoms with Gasteiger partial charge in [0.2, 0.25) is 0 Å². The molecule has 0 saturated carbocycles. The van der Waals surface area contributed by atoms with Gasteiger partial charge >= 0.3 is 0 Å². The first kappa shape index (κ1) is 44.1. The van der Waals surface area contributed by atoms with Crippen LogP contribution < -0.4 is 19.7 Å². The summed E-state index contributed by atoms with van der Waals surface area (Å²) in [7, 11) is -4.56. The lowest BCUT2D eigenvalue weighted by molar-refractivity contribution is -0.384. The molecule has 0 bridgehead atoms. The zero-order chi connectivity index (χ0) is 43.9. The van der Waals surface area contributed by atoms with Crippen molar-refractivity contribution in [2.75, 3.05) is 88.9 Å². The number of piperazine rings is 1. The van der Waals surface area contributed by atoms with E-state index in [1.807, 2.05) is 30.3 Å². The number of aliphatic hydroxyl groups is 1. The van der Waals surface area contributed by atoms with Crippen LogP contribution >= 0.6 is 11.6 Å². The Morgan fingerprint density at radius 1 is 0.952 bits per heavy atom. The Labute approximate surface area is 371 Å². The molecular weight excluding hydrogens is 846 g/mol. The topological polar surface area (TPSA) is 183 Å². The number of aromatic amines is 1. The highest BCUT2D eigenvalue weighted by molar-refractivity contribution is 7.90. The second-order valence-corrected chi connectivity index (χ2v) is 18.4. The molecule has 0 atom stereocenters. The molecule has 0 unspecified atom stereocenters. The number of fused-ring (bicyclic) bond motifs is 1. The van der Waals surface area contributed by atoms with Crippen molar-refractivity contribution < 1.29 is 32.7 Å². The van der Waals surface area contributed by atoms with Crippen molar-refractivity contribution in [3.05, 3.63) is 123 Å².